The Labute approximate surface area is 434 Å². The van der Waals surface area contributed by atoms with Gasteiger partial charge >= 0.3 is 59.7 Å². The molecule has 0 unspecified atom stereocenters. The summed E-state index contributed by atoms with van der Waals surface area (Å²) < 4.78 is 66.2. The predicted molar refractivity (Wildman–Crippen MR) is 251 cm³/mol. The molecule has 0 aromatic carbocycles. The molecule has 2 aliphatic rings. The van der Waals surface area contributed by atoms with Crippen LogP contribution in [0.4, 0.5) is 0 Å². The molecule has 2 heterocycles. The van der Waals surface area contributed by atoms with Crippen molar-refractivity contribution in [3.05, 3.63) is 0 Å². The topological polar surface area (TPSA) is 340 Å². The summed E-state index contributed by atoms with van der Waals surface area (Å²) >= 11 is 1.41. The van der Waals surface area contributed by atoms with Crippen LogP contribution in [-0.4, -0.2) is 181 Å². The number of amides is 2. The van der Waals surface area contributed by atoms with E-state index in [1.165, 1.54) is 0 Å². The second-order valence-electron chi connectivity index (χ2n) is 16.0. The van der Waals surface area contributed by atoms with Crippen LogP contribution in [0.2, 0.25) is 0 Å². The minimum atomic E-state index is -2.17. The summed E-state index contributed by atoms with van der Waals surface area (Å²) in [5, 5.41) is 5.15. The zero-order valence-electron chi connectivity index (χ0n) is 42.6. The van der Waals surface area contributed by atoms with Crippen molar-refractivity contribution in [3.8, 4) is 23.7 Å². The van der Waals surface area contributed by atoms with Gasteiger partial charge in [0.25, 0.3) is 0 Å². The van der Waals surface area contributed by atoms with E-state index in [1.54, 1.807) is 0 Å². The highest BCUT2D eigenvalue weighted by Gasteiger charge is 2.60. The molecule has 2 N–H and O–H groups in total. The molecule has 2 amide bonds. The van der Waals surface area contributed by atoms with Crippen LogP contribution in [0.15, 0.2) is 0 Å². The molecule has 410 valence electrons. The van der Waals surface area contributed by atoms with Gasteiger partial charge in [-0.05, 0) is 11.8 Å². The number of carbonyl (C=O) groups is 12. The molecular formula is C46H60N2O24S2. The molecule has 74 heavy (non-hydrogen) atoms. The molecule has 2 aliphatic heterocycles. The molecular weight excluding hydrogens is 1030 g/mol. The Morgan fingerprint density at radius 1 is 0.500 bits per heavy atom. The highest BCUT2D eigenvalue weighted by Crippen LogP contribution is 2.44. The number of esters is 10. The van der Waals surface area contributed by atoms with E-state index < -0.39 is 168 Å². The molecule has 0 spiro atoms. The molecule has 0 aromatic rings. The van der Waals surface area contributed by atoms with Crippen molar-refractivity contribution < 1.29 is 114 Å². The van der Waals surface area contributed by atoms with Gasteiger partial charge in [-0.2, -0.15) is 0 Å². The maximum atomic E-state index is 13.8. The Hall–Kier alpha value is -6.62. The molecule has 0 saturated carbocycles. The third kappa shape index (κ3) is 20.0. The quantitative estimate of drug-likeness (QED) is 0.0784. The zero-order valence-corrected chi connectivity index (χ0v) is 44.3. The summed E-state index contributed by atoms with van der Waals surface area (Å²) in [4.78, 5) is 147. The van der Waals surface area contributed by atoms with E-state index in [9.17, 15) is 57.5 Å². The zero-order chi connectivity index (χ0) is 56.1. The largest absolute Gasteiger partial charge is 0.466 e. The van der Waals surface area contributed by atoms with E-state index in [0.29, 0.717) is 23.5 Å². The van der Waals surface area contributed by atoms with Gasteiger partial charge in [-0.25, -0.2) is 9.59 Å². The Balaban J connectivity index is 2.68. The molecule has 2 saturated heterocycles. The number of methoxy groups -OCH3 is 2. The van der Waals surface area contributed by atoms with Crippen molar-refractivity contribution in [1.82, 2.24) is 10.6 Å². The number of carbonyl (C=O) groups excluding carboxylic acids is 12. The van der Waals surface area contributed by atoms with Crippen molar-refractivity contribution in [2.24, 2.45) is 0 Å². The lowest BCUT2D eigenvalue weighted by molar-refractivity contribution is -0.224. The molecule has 28 heteroatoms. The van der Waals surface area contributed by atoms with Crippen LogP contribution in [0.5, 0.6) is 0 Å². The first-order chi connectivity index (χ1) is 34.6. The smallest absolute Gasteiger partial charge is 0.349 e. The number of hydrogen-bond acceptors (Lipinski definition) is 26. The number of rotatable bonds is 22. The molecule has 26 nitrogen and oxygen atoms in total. The van der Waals surface area contributed by atoms with Crippen molar-refractivity contribution in [2.45, 2.75) is 153 Å². The first kappa shape index (κ1) is 63.5. The fraction of sp³-hybridized carbons (Fsp3) is 0.652. The van der Waals surface area contributed by atoms with Gasteiger partial charge in [-0.1, -0.05) is 11.8 Å². The summed E-state index contributed by atoms with van der Waals surface area (Å²) in [6, 6.07) is -2.80. The average molecular weight is 1090 g/mol. The third-order valence-corrected chi connectivity index (χ3v) is 12.4. The fourth-order valence-corrected chi connectivity index (χ4v) is 9.64. The van der Waals surface area contributed by atoms with Gasteiger partial charge in [-0.15, -0.1) is 23.5 Å². The Morgan fingerprint density at radius 3 is 1.08 bits per heavy atom. The molecule has 0 radical (unpaired) electrons. The average Bonchev–Trinajstić information content (AvgIpc) is 3.28. The lowest BCUT2D eigenvalue weighted by Crippen LogP contribution is -2.68. The minimum Gasteiger partial charge on any atom is -0.466 e. The van der Waals surface area contributed by atoms with Gasteiger partial charge in [-0.3, -0.25) is 47.9 Å². The number of thioether (sulfide) groups is 2. The minimum absolute atomic E-state index is 0.292. The van der Waals surface area contributed by atoms with Gasteiger partial charge in [0.05, 0.1) is 37.8 Å². The SMILES string of the molecule is COC(=O)[C@@]1(SCC#CC#CCS[C@]2(C(=O)OC)C[C@H](OC(C)=O)[C@@H](NC(C)=O)[C@H]([C@H](OC(C)=O)[C@@H](COC(C)=O)OC(C)=O)O2)C[C@H](OC(C)=O)[C@@H](NC(C)=O)[C@H]([C@H](OC(C)=O)[C@@H](COC(C)=O)OC(C)=O)O1. The maximum absolute atomic E-state index is 13.8. The van der Waals surface area contributed by atoms with E-state index in [-0.39, 0.29) is 11.5 Å². The third-order valence-electron chi connectivity index (χ3n) is 9.98. The molecule has 0 aromatic heterocycles. The summed E-state index contributed by atoms with van der Waals surface area (Å²) in [5.41, 5.74) is 0. The molecule has 0 bridgehead atoms. The van der Waals surface area contributed by atoms with Crippen molar-refractivity contribution in [1.29, 1.82) is 0 Å². The predicted octanol–water partition coefficient (Wildman–Crippen LogP) is -0.498. The lowest BCUT2D eigenvalue weighted by Gasteiger charge is -2.48. The van der Waals surface area contributed by atoms with Crippen LogP contribution in [0.1, 0.15) is 82.1 Å². The summed E-state index contributed by atoms with van der Waals surface area (Å²) in [6.07, 6.45) is -13.9. The lowest BCUT2D eigenvalue weighted by atomic mass is 9.89. The summed E-state index contributed by atoms with van der Waals surface area (Å²) in [6.45, 7) is 9.09. The number of nitrogens with one attached hydrogen (secondary N) is 2. The van der Waals surface area contributed by atoms with Gasteiger partial charge in [0.2, 0.25) is 21.7 Å². The number of hydrogen-bond donors (Lipinski definition) is 2. The van der Waals surface area contributed by atoms with Crippen LogP contribution < -0.4 is 10.6 Å². The standard InChI is InChI=1S/C46H60N2O24S2/c1-23(49)47-37-33(65-27(5)53)19-45(43(59)61-11,71-41(37)39(69-31(9)57)35(67-29(7)55)21-63-25(3)51)73-17-15-13-14-16-18-74-46(44(60)62-12)20-34(66-28(6)54)38(48-24(2)50)42(72-46)40(70-32(10)58)36(68-30(8)56)22-64-26(4)52/h33-42H,17-22H2,1-12H3,(H,47,49)(H,48,50)/t33-,34-,35+,36+,37+,38+,39+,40+,41+,42+,45-,46-/m0/s1. The van der Waals surface area contributed by atoms with Gasteiger partial charge in [0.1, 0.15) is 37.6 Å². The van der Waals surface area contributed by atoms with Crippen LogP contribution in [0.25, 0.3) is 0 Å². The second-order valence-corrected chi connectivity index (χ2v) is 18.5. The molecule has 2 rings (SSSR count). The Bertz CT molecular complexity index is 2100. The van der Waals surface area contributed by atoms with Gasteiger partial charge in [0.15, 0.2) is 24.4 Å². The van der Waals surface area contributed by atoms with E-state index in [0.717, 1.165) is 83.5 Å². The van der Waals surface area contributed by atoms with Crippen LogP contribution in [0.3, 0.4) is 0 Å². The Morgan fingerprint density at radius 2 is 0.824 bits per heavy atom. The van der Waals surface area contributed by atoms with Crippen molar-refractivity contribution in [3.63, 3.8) is 0 Å². The van der Waals surface area contributed by atoms with Crippen LogP contribution >= 0.6 is 23.5 Å². The van der Waals surface area contributed by atoms with E-state index in [1.807, 2.05) is 0 Å². The molecule has 2 fully saturated rings. The molecule has 12 atom stereocenters. The Kier molecular flexibility index (Phi) is 25.7. The highest BCUT2D eigenvalue weighted by molar-refractivity contribution is 8.01. The first-order valence-corrected chi connectivity index (χ1v) is 24.2. The fourth-order valence-electron chi connectivity index (χ4n) is 7.56. The normalized spacial score (nSPS) is 24.4. The highest BCUT2D eigenvalue weighted by atomic mass is 32.2. The van der Waals surface area contributed by atoms with Crippen molar-refractivity contribution in [2.75, 3.05) is 38.9 Å². The van der Waals surface area contributed by atoms with E-state index in [4.69, 9.17) is 56.8 Å². The maximum Gasteiger partial charge on any atom is 0.349 e. The summed E-state index contributed by atoms with van der Waals surface area (Å²) in [7, 11) is 2.05. The monoisotopic (exact) mass is 1090 g/mol. The van der Waals surface area contributed by atoms with Gasteiger partial charge < -0.3 is 67.5 Å². The van der Waals surface area contributed by atoms with Crippen molar-refractivity contribution >= 4 is 95.0 Å². The second kappa shape index (κ2) is 29.9. The first-order valence-electron chi connectivity index (χ1n) is 22.2. The van der Waals surface area contributed by atoms with Gasteiger partial charge in [0, 0.05) is 82.1 Å². The van der Waals surface area contributed by atoms with Crippen LogP contribution in [0, 0.1) is 23.7 Å². The summed E-state index contributed by atoms with van der Waals surface area (Å²) in [5.74, 6) is -0.611. The number of ether oxygens (including phenoxy) is 12. The van der Waals surface area contributed by atoms with E-state index in [2.05, 4.69) is 34.3 Å². The van der Waals surface area contributed by atoms with Crippen LogP contribution in [-0.2, 0) is 114 Å². The van der Waals surface area contributed by atoms with E-state index >= 15 is 0 Å². The molecule has 0 aliphatic carbocycles.